The molecule has 54 heavy (non-hydrogen) atoms. The zero-order valence-electron chi connectivity index (χ0n) is 31.9. The molecule has 0 unspecified atom stereocenters. The zero-order chi connectivity index (χ0) is 39.0. The van der Waals surface area contributed by atoms with Gasteiger partial charge in [0.25, 0.3) is 0 Å². The summed E-state index contributed by atoms with van der Waals surface area (Å²) in [4.78, 5) is 72.1. The van der Waals surface area contributed by atoms with Crippen LogP contribution in [0.1, 0.15) is 97.1 Å². The van der Waals surface area contributed by atoms with Gasteiger partial charge in [0.15, 0.2) is 32.9 Å². The molecule has 1 aromatic rings. The lowest BCUT2D eigenvalue weighted by Gasteiger charge is -2.30. The van der Waals surface area contributed by atoms with Gasteiger partial charge in [-0.1, -0.05) is 25.0 Å². The number of sulfone groups is 1. The molecule has 0 spiro atoms. The van der Waals surface area contributed by atoms with E-state index in [1.165, 1.54) is 23.6 Å². The number of carbonyl (C=O) groups is 5. The minimum atomic E-state index is -3.73. The maximum Gasteiger partial charge on any atom is 0.410 e. The number of hydrogen-bond acceptors (Lipinski definition) is 11. The Labute approximate surface area is 317 Å². The fourth-order valence-electron chi connectivity index (χ4n) is 7.80. The second-order valence-electron chi connectivity index (χ2n) is 16.5. The molecule has 4 heterocycles. The largest absolute Gasteiger partial charge is 0.486 e. The average Bonchev–Trinajstić information content (AvgIpc) is 3.39. The van der Waals surface area contributed by atoms with E-state index in [0.717, 1.165) is 24.0 Å². The first kappa shape index (κ1) is 39.6. The Bertz CT molecular complexity index is 1770. The van der Waals surface area contributed by atoms with E-state index in [0.29, 0.717) is 50.4 Å². The SMILES string of the molecule is CC(C)S(=O)(=O)CC(=O)[C@]12CC(=O)[C@@H]3C[C@@H](OC(=O)N4Cc5cc6c(cc5C4)OCCO6)CN3C(=O)[C@@H](NC(=O)OC(C)(C)C)CCCCC/C=C\[C@@H]1C2. The molecule has 296 valence electrons. The molecule has 6 rings (SSSR count). The summed E-state index contributed by atoms with van der Waals surface area (Å²) < 4.78 is 48.6. The highest BCUT2D eigenvalue weighted by molar-refractivity contribution is 7.92. The van der Waals surface area contributed by atoms with Gasteiger partial charge < -0.3 is 29.2 Å². The van der Waals surface area contributed by atoms with Crippen molar-refractivity contribution in [1.29, 1.82) is 0 Å². The van der Waals surface area contributed by atoms with Crippen LogP contribution in [0.5, 0.6) is 11.5 Å². The minimum absolute atomic E-state index is 0.0126. The molecule has 0 radical (unpaired) electrons. The van der Waals surface area contributed by atoms with Crippen molar-refractivity contribution in [3.05, 3.63) is 35.4 Å². The number of rotatable bonds is 6. The van der Waals surface area contributed by atoms with Gasteiger partial charge in [0, 0.05) is 31.3 Å². The Kier molecular flexibility index (Phi) is 11.4. The molecule has 1 saturated heterocycles. The number of ketones is 2. The van der Waals surface area contributed by atoms with Gasteiger partial charge in [-0.2, -0.15) is 0 Å². The summed E-state index contributed by atoms with van der Waals surface area (Å²) in [6, 6.07) is 1.64. The maximum atomic E-state index is 14.4. The van der Waals surface area contributed by atoms with Crippen molar-refractivity contribution in [2.45, 2.75) is 128 Å². The number of nitrogens with one attached hydrogen (secondary N) is 1. The van der Waals surface area contributed by atoms with Gasteiger partial charge >= 0.3 is 12.2 Å². The smallest absolute Gasteiger partial charge is 0.410 e. The van der Waals surface area contributed by atoms with Crippen LogP contribution in [0.25, 0.3) is 0 Å². The summed E-state index contributed by atoms with van der Waals surface area (Å²) in [5.41, 5.74) is -0.218. The monoisotopic (exact) mass is 771 g/mol. The van der Waals surface area contributed by atoms with E-state index in [1.807, 2.05) is 24.3 Å². The number of carbonyl (C=O) groups excluding carboxylic acids is 5. The first-order valence-corrected chi connectivity index (χ1v) is 20.8. The van der Waals surface area contributed by atoms with Crippen molar-refractivity contribution in [3.63, 3.8) is 0 Å². The van der Waals surface area contributed by atoms with E-state index in [4.69, 9.17) is 18.9 Å². The molecule has 5 atom stereocenters. The Hall–Kier alpha value is -4.14. The normalized spacial score (nSPS) is 27.9. The predicted octanol–water partition coefficient (Wildman–Crippen LogP) is 4.65. The van der Waals surface area contributed by atoms with Crippen LogP contribution in [0, 0.1) is 11.3 Å². The number of nitrogens with zero attached hydrogens (tertiary/aromatic N) is 2. The number of allylic oxidation sites excluding steroid dienone is 2. The van der Waals surface area contributed by atoms with Gasteiger partial charge in [-0.3, -0.25) is 19.3 Å². The summed E-state index contributed by atoms with van der Waals surface area (Å²) in [5.74, 6) is -1.17. The number of benzene rings is 1. The average molecular weight is 772 g/mol. The lowest BCUT2D eigenvalue weighted by molar-refractivity contribution is -0.140. The third kappa shape index (κ3) is 8.87. The highest BCUT2D eigenvalue weighted by Crippen LogP contribution is 2.58. The van der Waals surface area contributed by atoms with Crippen LogP contribution in [0.4, 0.5) is 9.59 Å². The number of Topliss-reactive ketones (excluding diaryl/α,β-unsaturated/α-hetero) is 2. The quantitative estimate of drug-likeness (QED) is 0.399. The number of alkyl carbamates (subject to hydrolysis) is 1. The molecule has 15 heteroatoms. The van der Waals surface area contributed by atoms with E-state index >= 15 is 0 Å². The molecule has 1 aromatic carbocycles. The zero-order valence-corrected chi connectivity index (χ0v) is 32.7. The van der Waals surface area contributed by atoms with Crippen molar-refractivity contribution in [1.82, 2.24) is 15.1 Å². The highest BCUT2D eigenvalue weighted by Gasteiger charge is 2.60. The second-order valence-corrected chi connectivity index (χ2v) is 19.1. The van der Waals surface area contributed by atoms with Crippen LogP contribution in [-0.2, 0) is 46.8 Å². The summed E-state index contributed by atoms with van der Waals surface area (Å²) in [7, 11) is -3.73. The Morgan fingerprint density at radius 3 is 2.31 bits per heavy atom. The standard InChI is InChI=1S/C39H53N3O11S/c1-24(2)54(48,49)23-34(44)39-18-27(39)11-9-7-6-8-10-12-29(40-36(46)53-38(3,4)5)35(45)42-22-28(17-30(42)31(43)19-39)52-37(47)41-20-25-15-32-33(16-26(25)21-41)51-14-13-50-32/h9,11,15-16,24,27-30H,6-8,10,12-14,17-23H2,1-5H3,(H,40,46)/b11-9-/t27-,28-,29+,30+,39-/m1/s1. The van der Waals surface area contributed by atoms with Gasteiger partial charge in [-0.15, -0.1) is 0 Å². The lowest BCUT2D eigenvalue weighted by atomic mass is 9.88. The van der Waals surface area contributed by atoms with Crippen molar-refractivity contribution < 1.29 is 51.3 Å². The fraction of sp³-hybridized carbons (Fsp3) is 0.667. The van der Waals surface area contributed by atoms with Crippen LogP contribution in [-0.4, -0.2) is 102 Å². The number of fused-ring (bicyclic) bond motifs is 4. The molecule has 5 aliphatic rings. The second kappa shape index (κ2) is 15.5. The van der Waals surface area contributed by atoms with Gasteiger partial charge in [0.05, 0.1) is 17.8 Å². The molecule has 3 amide bonds. The van der Waals surface area contributed by atoms with Crippen LogP contribution < -0.4 is 14.8 Å². The summed E-state index contributed by atoms with van der Waals surface area (Å²) >= 11 is 0. The lowest BCUT2D eigenvalue weighted by Crippen LogP contribution is -2.53. The number of hydrogen-bond donors (Lipinski definition) is 1. The minimum Gasteiger partial charge on any atom is -0.486 e. The number of amides is 3. The highest BCUT2D eigenvalue weighted by atomic mass is 32.2. The van der Waals surface area contributed by atoms with Gasteiger partial charge in [0.1, 0.15) is 36.7 Å². The first-order valence-electron chi connectivity index (χ1n) is 19.1. The van der Waals surface area contributed by atoms with Crippen molar-refractivity contribution >= 4 is 39.5 Å². The van der Waals surface area contributed by atoms with E-state index < -0.39 is 79.7 Å². The molecule has 1 N–H and O–H groups in total. The molecule has 14 nitrogen and oxygen atoms in total. The fourth-order valence-corrected chi connectivity index (χ4v) is 8.78. The van der Waals surface area contributed by atoms with Gasteiger partial charge in [-0.05, 0) is 89.5 Å². The van der Waals surface area contributed by atoms with Crippen LogP contribution in [0.3, 0.4) is 0 Å². The van der Waals surface area contributed by atoms with Crippen LogP contribution in [0.15, 0.2) is 24.3 Å². The Morgan fingerprint density at radius 1 is 1.02 bits per heavy atom. The van der Waals surface area contributed by atoms with E-state index in [2.05, 4.69) is 5.32 Å². The first-order chi connectivity index (χ1) is 25.5. The molecule has 4 aliphatic heterocycles. The summed E-state index contributed by atoms with van der Waals surface area (Å²) in [6.45, 7) is 9.53. The molecule has 0 aromatic heterocycles. The van der Waals surface area contributed by atoms with Crippen molar-refractivity contribution in [3.8, 4) is 11.5 Å². The van der Waals surface area contributed by atoms with E-state index in [-0.39, 0.29) is 38.4 Å². The number of ether oxygens (including phenoxy) is 4. The van der Waals surface area contributed by atoms with E-state index in [1.54, 1.807) is 20.8 Å². The van der Waals surface area contributed by atoms with Crippen molar-refractivity contribution in [2.75, 3.05) is 25.5 Å². The molecule has 1 saturated carbocycles. The predicted molar refractivity (Wildman–Crippen MR) is 197 cm³/mol. The van der Waals surface area contributed by atoms with E-state index in [9.17, 15) is 32.4 Å². The van der Waals surface area contributed by atoms with Gasteiger partial charge in [0.2, 0.25) is 5.91 Å². The Balaban J connectivity index is 1.24. The third-order valence-electron chi connectivity index (χ3n) is 11.0. The molecule has 1 aliphatic carbocycles. The molecule has 0 bridgehead atoms. The third-order valence-corrected chi connectivity index (χ3v) is 13.1. The maximum absolute atomic E-state index is 14.4. The van der Waals surface area contributed by atoms with Crippen molar-refractivity contribution in [2.24, 2.45) is 11.3 Å². The van der Waals surface area contributed by atoms with Crippen LogP contribution >= 0.6 is 0 Å². The van der Waals surface area contributed by atoms with Gasteiger partial charge in [-0.25, -0.2) is 18.0 Å². The topological polar surface area (TPSA) is 175 Å². The van der Waals surface area contributed by atoms with Crippen LogP contribution in [0.2, 0.25) is 0 Å². The molecular weight excluding hydrogens is 719 g/mol. The molecular formula is C39H53N3O11S. The summed E-state index contributed by atoms with van der Waals surface area (Å²) in [5, 5.41) is 1.97. The summed E-state index contributed by atoms with van der Waals surface area (Å²) in [6.07, 6.45) is 4.89. The molecule has 2 fully saturated rings. The Morgan fingerprint density at radius 2 is 1.69 bits per heavy atom.